The number of cyclic esters (lactones) is 1. The Labute approximate surface area is 204 Å². The number of ether oxygens (including phenoxy) is 2. The van der Waals surface area contributed by atoms with Gasteiger partial charge in [-0.3, -0.25) is 9.80 Å². The lowest BCUT2D eigenvalue weighted by molar-refractivity contribution is -0.134. The summed E-state index contributed by atoms with van der Waals surface area (Å²) in [4.78, 5) is 36.2. The molecule has 0 radical (unpaired) electrons. The number of amides is 1. The lowest BCUT2D eigenvalue weighted by atomic mass is 9.98. The summed E-state index contributed by atoms with van der Waals surface area (Å²) in [5, 5.41) is 15.6. The van der Waals surface area contributed by atoms with E-state index in [1.54, 1.807) is 0 Å². The zero-order chi connectivity index (χ0) is 25.0. The van der Waals surface area contributed by atoms with Crippen LogP contribution >= 0.6 is 0 Å². The fourth-order valence-electron chi connectivity index (χ4n) is 4.12. The van der Waals surface area contributed by atoms with Crippen LogP contribution in [0.3, 0.4) is 0 Å². The van der Waals surface area contributed by atoms with Gasteiger partial charge < -0.3 is 19.7 Å². The number of hydrogen-bond acceptors (Lipinski definition) is 6. The van der Waals surface area contributed by atoms with Crippen molar-refractivity contribution in [1.29, 1.82) is 0 Å². The Balaban J connectivity index is 0.000000371. The number of rotatable bonds is 8. The number of carbonyl (C=O) groups is 3. The Kier molecular flexibility index (Phi) is 9.82. The molecule has 35 heavy (non-hydrogen) atoms. The highest BCUT2D eigenvalue weighted by Gasteiger charge is 2.39. The van der Waals surface area contributed by atoms with Gasteiger partial charge in [0.1, 0.15) is 6.61 Å². The fourth-order valence-corrected chi connectivity index (χ4v) is 4.12. The van der Waals surface area contributed by atoms with E-state index < -0.39 is 11.9 Å². The first-order valence-electron chi connectivity index (χ1n) is 11.4. The molecule has 2 aliphatic rings. The standard InChI is InChI=1S/C22H26N2O3.C4H4O4/c25-22-24(21(17-27-22)19-9-5-2-6-10-19)20(18-7-3-1-4-8-18)11-12-23-13-15-26-16-14-23;5-3(6)1-2-4(7)8/h1-10,20-21H,11-17H2;1-2H,(H,5,6)(H,7,8). The summed E-state index contributed by atoms with van der Waals surface area (Å²) in [7, 11) is 0. The quantitative estimate of drug-likeness (QED) is 0.550. The summed E-state index contributed by atoms with van der Waals surface area (Å²) in [6.45, 7) is 4.82. The molecular weight excluding hydrogens is 452 g/mol. The van der Waals surface area contributed by atoms with E-state index in [0.29, 0.717) is 18.8 Å². The van der Waals surface area contributed by atoms with Gasteiger partial charge in [0.15, 0.2) is 0 Å². The summed E-state index contributed by atoms with van der Waals surface area (Å²) in [5.74, 6) is -2.51. The van der Waals surface area contributed by atoms with E-state index in [1.165, 1.54) is 0 Å². The van der Waals surface area contributed by atoms with Crippen molar-refractivity contribution in [3.05, 3.63) is 83.9 Å². The molecule has 2 aromatic rings. The molecule has 0 spiro atoms. The summed E-state index contributed by atoms with van der Waals surface area (Å²) < 4.78 is 10.9. The average Bonchev–Trinajstić information content (AvgIpc) is 3.26. The molecule has 2 fully saturated rings. The third kappa shape index (κ3) is 7.94. The number of carboxylic acid groups (broad SMARTS) is 2. The topological polar surface area (TPSA) is 117 Å². The van der Waals surface area contributed by atoms with Gasteiger partial charge in [0.05, 0.1) is 25.3 Å². The van der Waals surface area contributed by atoms with Gasteiger partial charge in [-0.2, -0.15) is 0 Å². The first-order chi connectivity index (χ1) is 17.0. The molecule has 2 aromatic carbocycles. The SMILES string of the molecule is O=C(O)C=CC(=O)O.O=C1OCC(c2ccccc2)N1C(CCN1CCOCC1)c1ccccc1. The largest absolute Gasteiger partial charge is 0.478 e. The van der Waals surface area contributed by atoms with E-state index in [0.717, 1.165) is 50.4 Å². The van der Waals surface area contributed by atoms with Gasteiger partial charge >= 0.3 is 18.0 Å². The van der Waals surface area contributed by atoms with Crippen LogP contribution in [-0.4, -0.2) is 77.5 Å². The summed E-state index contributed by atoms with van der Waals surface area (Å²) in [5.41, 5.74) is 2.28. The molecule has 1 amide bonds. The highest BCUT2D eigenvalue weighted by Crippen LogP contribution is 2.37. The van der Waals surface area contributed by atoms with Crippen molar-refractivity contribution in [3.63, 3.8) is 0 Å². The predicted octanol–water partition coefficient (Wildman–Crippen LogP) is 3.36. The van der Waals surface area contributed by atoms with Crippen molar-refractivity contribution in [1.82, 2.24) is 9.80 Å². The maximum atomic E-state index is 12.7. The Morgan fingerprint density at radius 2 is 1.51 bits per heavy atom. The summed E-state index contributed by atoms with van der Waals surface area (Å²) >= 11 is 0. The van der Waals surface area contributed by atoms with Gasteiger partial charge in [0, 0.05) is 31.8 Å². The summed E-state index contributed by atoms with van der Waals surface area (Å²) in [6.07, 6.45) is 1.77. The van der Waals surface area contributed by atoms with Gasteiger partial charge in [-0.05, 0) is 17.5 Å². The van der Waals surface area contributed by atoms with Gasteiger partial charge in [0.25, 0.3) is 0 Å². The van der Waals surface area contributed by atoms with Crippen LogP contribution in [-0.2, 0) is 19.1 Å². The smallest absolute Gasteiger partial charge is 0.411 e. The molecule has 4 rings (SSSR count). The van der Waals surface area contributed by atoms with E-state index in [2.05, 4.69) is 29.2 Å². The third-order valence-corrected chi connectivity index (χ3v) is 5.81. The zero-order valence-electron chi connectivity index (χ0n) is 19.4. The maximum Gasteiger partial charge on any atom is 0.411 e. The molecule has 9 nitrogen and oxygen atoms in total. The van der Waals surface area contributed by atoms with E-state index in [9.17, 15) is 14.4 Å². The number of benzene rings is 2. The molecule has 2 N–H and O–H groups in total. The van der Waals surface area contributed by atoms with Crippen LogP contribution in [0.5, 0.6) is 0 Å². The van der Waals surface area contributed by atoms with E-state index in [4.69, 9.17) is 19.7 Å². The van der Waals surface area contributed by atoms with Gasteiger partial charge in [0.2, 0.25) is 0 Å². The molecule has 2 atom stereocenters. The van der Waals surface area contributed by atoms with E-state index in [1.807, 2.05) is 41.3 Å². The molecule has 0 aliphatic carbocycles. The maximum absolute atomic E-state index is 12.7. The lowest BCUT2D eigenvalue weighted by Gasteiger charge is -2.34. The highest BCUT2D eigenvalue weighted by molar-refractivity contribution is 5.89. The second-order valence-electron chi connectivity index (χ2n) is 8.09. The van der Waals surface area contributed by atoms with Crippen molar-refractivity contribution in [2.75, 3.05) is 39.5 Å². The molecule has 2 unspecified atom stereocenters. The number of hydrogen-bond donors (Lipinski definition) is 2. The second kappa shape index (κ2) is 13.3. The fraction of sp³-hybridized carbons (Fsp3) is 0.346. The lowest BCUT2D eigenvalue weighted by Crippen LogP contribution is -2.39. The van der Waals surface area contributed by atoms with Gasteiger partial charge in [-0.25, -0.2) is 14.4 Å². The van der Waals surface area contributed by atoms with E-state index in [-0.39, 0.29) is 18.2 Å². The van der Waals surface area contributed by atoms with Crippen LogP contribution in [0.1, 0.15) is 29.6 Å². The van der Waals surface area contributed by atoms with Crippen LogP contribution in [0.4, 0.5) is 4.79 Å². The molecule has 0 saturated carbocycles. The Morgan fingerprint density at radius 1 is 0.943 bits per heavy atom. The molecule has 2 aliphatic heterocycles. The van der Waals surface area contributed by atoms with Crippen LogP contribution in [0.2, 0.25) is 0 Å². The van der Waals surface area contributed by atoms with E-state index >= 15 is 0 Å². The number of carbonyl (C=O) groups excluding carboxylic acids is 1. The number of carboxylic acids is 2. The van der Waals surface area contributed by atoms with Gasteiger partial charge in [-0.15, -0.1) is 0 Å². The molecule has 2 saturated heterocycles. The minimum atomic E-state index is -1.26. The van der Waals surface area contributed by atoms with Crippen molar-refractivity contribution >= 4 is 18.0 Å². The number of morpholine rings is 1. The number of aliphatic carboxylic acids is 2. The molecule has 0 bridgehead atoms. The predicted molar refractivity (Wildman–Crippen MR) is 128 cm³/mol. The first-order valence-corrected chi connectivity index (χ1v) is 11.4. The monoisotopic (exact) mass is 482 g/mol. The molecule has 9 heteroatoms. The molecule has 2 heterocycles. The molecular formula is C26H30N2O7. The molecule has 186 valence electrons. The summed E-state index contributed by atoms with van der Waals surface area (Å²) in [6, 6.07) is 20.4. The highest BCUT2D eigenvalue weighted by atomic mass is 16.6. The third-order valence-electron chi connectivity index (χ3n) is 5.81. The minimum Gasteiger partial charge on any atom is -0.478 e. The second-order valence-corrected chi connectivity index (χ2v) is 8.09. The van der Waals surface area contributed by atoms with Crippen LogP contribution in [0.25, 0.3) is 0 Å². The van der Waals surface area contributed by atoms with Crippen LogP contribution < -0.4 is 0 Å². The molecule has 0 aromatic heterocycles. The Morgan fingerprint density at radius 3 is 2.09 bits per heavy atom. The first kappa shape index (κ1) is 25.9. The minimum absolute atomic E-state index is 0.00532. The van der Waals surface area contributed by atoms with Crippen LogP contribution in [0, 0.1) is 0 Å². The zero-order valence-corrected chi connectivity index (χ0v) is 19.4. The Hall–Kier alpha value is -3.69. The van der Waals surface area contributed by atoms with Crippen molar-refractivity contribution < 1.29 is 34.1 Å². The Bertz CT molecular complexity index is 975. The average molecular weight is 483 g/mol. The van der Waals surface area contributed by atoms with Crippen molar-refractivity contribution in [3.8, 4) is 0 Å². The van der Waals surface area contributed by atoms with Crippen molar-refractivity contribution in [2.24, 2.45) is 0 Å². The normalized spacial score (nSPS) is 19.0. The van der Waals surface area contributed by atoms with Gasteiger partial charge in [-0.1, -0.05) is 60.7 Å². The van der Waals surface area contributed by atoms with Crippen molar-refractivity contribution in [2.45, 2.75) is 18.5 Å². The van der Waals surface area contributed by atoms with Crippen LogP contribution in [0.15, 0.2) is 72.8 Å². The number of nitrogens with zero attached hydrogens (tertiary/aromatic N) is 2.